The average Bonchev–Trinajstić information content (AvgIpc) is 3.35. The summed E-state index contributed by atoms with van der Waals surface area (Å²) in [6.45, 7) is 5.04. The van der Waals surface area contributed by atoms with Gasteiger partial charge in [-0.15, -0.1) is 0 Å². The Kier molecular flexibility index (Phi) is 5.12. The van der Waals surface area contributed by atoms with Crippen LogP contribution in [0.3, 0.4) is 0 Å². The fraction of sp³-hybridized carbons (Fsp3) is 0.600. The summed E-state index contributed by atoms with van der Waals surface area (Å²) in [6, 6.07) is 0. The highest BCUT2D eigenvalue weighted by Gasteiger charge is 2.43. The second-order valence-electron chi connectivity index (χ2n) is 7.89. The molecule has 2 fully saturated rings. The first-order valence-corrected chi connectivity index (χ1v) is 10.6. The molecule has 2 N–H and O–H groups in total. The van der Waals surface area contributed by atoms with Crippen molar-refractivity contribution in [3.05, 3.63) is 33.7 Å². The van der Waals surface area contributed by atoms with Crippen molar-refractivity contribution in [2.75, 3.05) is 12.3 Å². The third kappa shape index (κ3) is 3.83. The van der Waals surface area contributed by atoms with Crippen LogP contribution >= 0.6 is 11.3 Å². The van der Waals surface area contributed by atoms with Gasteiger partial charge >= 0.3 is 5.97 Å². The van der Waals surface area contributed by atoms with Gasteiger partial charge in [-0.1, -0.05) is 17.8 Å². The molecule has 0 saturated heterocycles. The van der Waals surface area contributed by atoms with E-state index in [2.05, 4.69) is 27.0 Å². The number of nitrogen functional groups attached to an aromatic ring is 1. The Bertz CT molecular complexity index is 851. The van der Waals surface area contributed by atoms with Crippen LogP contribution in [0.4, 0.5) is 5.82 Å². The topological polar surface area (TPSA) is 82.0 Å². The molecular weight excluding hydrogens is 360 g/mol. The quantitative estimate of drug-likeness (QED) is 0.609. The number of anilines is 1. The Morgan fingerprint density at radius 3 is 2.93 bits per heavy atom. The predicted molar refractivity (Wildman–Crippen MR) is 103 cm³/mol. The predicted octanol–water partition coefficient (Wildman–Crippen LogP) is 2.59. The van der Waals surface area contributed by atoms with E-state index in [4.69, 9.17) is 10.5 Å². The molecule has 2 aromatic rings. The molecule has 0 radical (unpaired) electrons. The monoisotopic (exact) mass is 387 g/mol. The van der Waals surface area contributed by atoms with E-state index in [0.717, 1.165) is 24.3 Å². The second kappa shape index (κ2) is 7.54. The highest BCUT2D eigenvalue weighted by Crippen LogP contribution is 2.48. The summed E-state index contributed by atoms with van der Waals surface area (Å²) >= 11 is 1.69. The number of esters is 1. The van der Waals surface area contributed by atoms with Crippen molar-refractivity contribution < 1.29 is 14.1 Å². The van der Waals surface area contributed by atoms with Gasteiger partial charge in [0.15, 0.2) is 12.2 Å². The van der Waals surface area contributed by atoms with Gasteiger partial charge < -0.3 is 10.5 Å². The number of ether oxygens (including phenoxy) is 1. The third-order valence-electron chi connectivity index (χ3n) is 6.13. The number of aryl methyl sites for hydroxylation is 1. The maximum absolute atomic E-state index is 12.4. The van der Waals surface area contributed by atoms with Gasteiger partial charge in [-0.25, -0.2) is 9.97 Å². The maximum Gasteiger partial charge on any atom is 0.309 e. The van der Waals surface area contributed by atoms with E-state index in [0.29, 0.717) is 30.7 Å². The fourth-order valence-corrected chi connectivity index (χ4v) is 5.53. The van der Waals surface area contributed by atoms with E-state index in [-0.39, 0.29) is 11.9 Å². The summed E-state index contributed by atoms with van der Waals surface area (Å²) in [7, 11) is 0. The minimum Gasteiger partial charge on any atom is -0.465 e. The summed E-state index contributed by atoms with van der Waals surface area (Å²) in [6.07, 6.45) is 7.34. The van der Waals surface area contributed by atoms with Crippen LogP contribution in [0, 0.1) is 31.6 Å². The van der Waals surface area contributed by atoms with Gasteiger partial charge in [0.05, 0.1) is 23.0 Å². The van der Waals surface area contributed by atoms with Crippen molar-refractivity contribution >= 4 is 23.1 Å². The average molecular weight is 388 g/mol. The number of nitrogens with zero attached hydrogens (tertiary/aromatic N) is 3. The van der Waals surface area contributed by atoms with E-state index < -0.39 is 0 Å². The summed E-state index contributed by atoms with van der Waals surface area (Å²) in [5.41, 5.74) is 10.2. The number of carbonyl (C=O) groups excluding carboxylic acids is 1. The van der Waals surface area contributed by atoms with Crippen molar-refractivity contribution in [2.45, 2.75) is 52.5 Å². The molecule has 27 heavy (non-hydrogen) atoms. The molecule has 2 aliphatic carbocycles. The first-order chi connectivity index (χ1) is 13.0. The zero-order valence-electron chi connectivity index (χ0n) is 16.0. The van der Waals surface area contributed by atoms with Crippen LogP contribution in [0.1, 0.15) is 47.6 Å². The molecule has 6 nitrogen and oxygen atoms in total. The Balaban J connectivity index is 1.32. The van der Waals surface area contributed by atoms with Gasteiger partial charge in [0.25, 0.3) is 0 Å². The summed E-state index contributed by atoms with van der Waals surface area (Å²) < 4.78 is 7.77. The van der Waals surface area contributed by atoms with Gasteiger partial charge in [0.2, 0.25) is 5.51 Å². The number of hydrogen-bond acceptors (Lipinski definition) is 6. The molecule has 2 aromatic heterocycles. The van der Waals surface area contributed by atoms with Gasteiger partial charge in [-0.2, -0.15) is 4.57 Å². The standard InChI is InChI=1S/C20H27N4O2S/c1-12-18(5-6-26-20(25)17-8-14-3-4-15(17)7-14)27-11-24(12)10-16-9-22-13(2)23-19(16)21/h9,11,14-15,17H,3-8,10H2,1-2H3,(H2,21,22,23)/q+1/t14-,15+,17+/m1/s1. The maximum atomic E-state index is 12.4. The van der Waals surface area contributed by atoms with Crippen molar-refractivity contribution in [1.29, 1.82) is 0 Å². The van der Waals surface area contributed by atoms with E-state index >= 15 is 0 Å². The zero-order valence-corrected chi connectivity index (χ0v) is 16.8. The van der Waals surface area contributed by atoms with E-state index in [1.807, 2.05) is 6.92 Å². The van der Waals surface area contributed by atoms with Crippen LogP contribution in [0.25, 0.3) is 0 Å². The van der Waals surface area contributed by atoms with Crippen LogP contribution < -0.4 is 10.3 Å². The minimum atomic E-state index is 0.0221. The van der Waals surface area contributed by atoms with Crippen LogP contribution in [0.2, 0.25) is 0 Å². The lowest BCUT2D eigenvalue weighted by Crippen LogP contribution is -2.35. The Hall–Kier alpha value is -2.02. The molecule has 3 atom stereocenters. The lowest BCUT2D eigenvalue weighted by atomic mass is 9.89. The Morgan fingerprint density at radius 1 is 1.37 bits per heavy atom. The molecule has 7 heteroatoms. The summed E-state index contributed by atoms with van der Waals surface area (Å²) in [5, 5.41) is 0. The Labute approximate surface area is 163 Å². The molecule has 2 aliphatic rings. The number of carbonyl (C=O) groups is 1. The SMILES string of the molecule is Cc1ncc(C[n+]2csc(CCOC(=O)[C@H]3C[C@@H]4CC[C@H]3C4)c2C)c(N)n1. The molecule has 0 spiro atoms. The van der Waals surface area contributed by atoms with Gasteiger partial charge in [-0.05, 0) is 38.0 Å². The van der Waals surface area contributed by atoms with Crippen molar-refractivity contribution in [2.24, 2.45) is 17.8 Å². The van der Waals surface area contributed by atoms with E-state index in [9.17, 15) is 4.79 Å². The summed E-state index contributed by atoms with van der Waals surface area (Å²) in [5.74, 6) is 2.74. The molecule has 0 aliphatic heterocycles. The largest absolute Gasteiger partial charge is 0.465 e. The number of thiazole rings is 1. The minimum absolute atomic E-state index is 0.0221. The second-order valence-corrected chi connectivity index (χ2v) is 8.83. The van der Waals surface area contributed by atoms with Gasteiger partial charge in [-0.3, -0.25) is 4.79 Å². The van der Waals surface area contributed by atoms with Gasteiger partial charge in [0, 0.05) is 19.5 Å². The summed E-state index contributed by atoms with van der Waals surface area (Å²) in [4.78, 5) is 22.1. The molecule has 4 rings (SSSR count). The van der Waals surface area contributed by atoms with Crippen molar-refractivity contribution in [3.63, 3.8) is 0 Å². The smallest absolute Gasteiger partial charge is 0.309 e. The Morgan fingerprint density at radius 2 is 2.22 bits per heavy atom. The first kappa shape index (κ1) is 18.3. The number of fused-ring (bicyclic) bond motifs is 2. The lowest BCUT2D eigenvalue weighted by Gasteiger charge is -2.19. The molecule has 2 bridgehead atoms. The van der Waals surface area contributed by atoms with Crippen LogP contribution in [0.5, 0.6) is 0 Å². The molecule has 144 valence electrons. The van der Waals surface area contributed by atoms with E-state index in [1.165, 1.54) is 29.8 Å². The highest BCUT2D eigenvalue weighted by atomic mass is 32.1. The first-order valence-electron chi connectivity index (χ1n) is 9.72. The number of nitrogens with two attached hydrogens (primary N) is 1. The normalized spacial score (nSPS) is 23.7. The highest BCUT2D eigenvalue weighted by molar-refractivity contribution is 7.09. The van der Waals surface area contributed by atoms with Crippen molar-refractivity contribution in [1.82, 2.24) is 9.97 Å². The molecule has 0 aromatic carbocycles. The number of rotatable bonds is 6. The van der Waals surface area contributed by atoms with Crippen LogP contribution in [-0.4, -0.2) is 22.5 Å². The lowest BCUT2D eigenvalue weighted by molar-refractivity contribution is -0.689. The van der Waals surface area contributed by atoms with Crippen LogP contribution in [0.15, 0.2) is 11.7 Å². The van der Waals surface area contributed by atoms with Gasteiger partial charge in [0.1, 0.15) is 11.6 Å². The van der Waals surface area contributed by atoms with Crippen LogP contribution in [-0.2, 0) is 22.5 Å². The molecule has 0 amide bonds. The number of aromatic nitrogens is 3. The number of hydrogen-bond donors (Lipinski definition) is 1. The molecular formula is C20H27N4O2S+. The van der Waals surface area contributed by atoms with E-state index in [1.54, 1.807) is 17.5 Å². The fourth-order valence-electron chi connectivity index (χ4n) is 4.55. The third-order valence-corrected chi connectivity index (χ3v) is 7.27. The zero-order chi connectivity index (χ0) is 19.0. The van der Waals surface area contributed by atoms with Crippen molar-refractivity contribution in [3.8, 4) is 0 Å². The molecule has 2 heterocycles. The molecule has 2 saturated carbocycles. The molecule has 0 unspecified atom stereocenters.